The Kier molecular flexibility index (Phi) is 2.74. The van der Waals surface area contributed by atoms with E-state index in [9.17, 15) is 15.3 Å². The molecule has 2 aliphatic heterocycles. The molecule has 2 heterocycles. The van der Waals surface area contributed by atoms with Crippen LogP contribution in [0.3, 0.4) is 0 Å². The molecule has 6 heteroatoms. The molecular formula is C8H14O6. The van der Waals surface area contributed by atoms with Gasteiger partial charge in [-0.05, 0) is 6.92 Å². The number of hydrogen-bond donors (Lipinski definition) is 3. The zero-order chi connectivity index (χ0) is 10.3. The molecule has 0 aromatic carbocycles. The fraction of sp³-hybridized carbons (Fsp3) is 1.00. The summed E-state index contributed by atoms with van der Waals surface area (Å²) in [4.78, 5) is 0. The van der Waals surface area contributed by atoms with E-state index in [0.717, 1.165) is 0 Å². The van der Waals surface area contributed by atoms with Gasteiger partial charge in [0.2, 0.25) is 0 Å². The zero-order valence-corrected chi connectivity index (χ0v) is 7.74. The summed E-state index contributed by atoms with van der Waals surface area (Å²) >= 11 is 0. The molecule has 2 rings (SSSR count). The highest BCUT2D eigenvalue weighted by molar-refractivity contribution is 4.91. The number of rotatable bonds is 0. The Balaban J connectivity index is 2.08. The van der Waals surface area contributed by atoms with Gasteiger partial charge >= 0.3 is 0 Å². The van der Waals surface area contributed by atoms with Gasteiger partial charge in [-0.1, -0.05) is 0 Å². The van der Waals surface area contributed by atoms with Gasteiger partial charge in [-0.15, -0.1) is 0 Å². The van der Waals surface area contributed by atoms with Gasteiger partial charge in [0, 0.05) is 0 Å². The highest BCUT2D eigenvalue weighted by atomic mass is 16.7. The number of hydrogen-bond acceptors (Lipinski definition) is 6. The van der Waals surface area contributed by atoms with Crippen LogP contribution >= 0.6 is 0 Å². The molecule has 0 bridgehead atoms. The topological polar surface area (TPSA) is 88.4 Å². The average Bonchev–Trinajstić information content (AvgIpc) is 2.16. The van der Waals surface area contributed by atoms with Gasteiger partial charge < -0.3 is 29.5 Å². The highest BCUT2D eigenvalue weighted by Crippen LogP contribution is 2.27. The first kappa shape index (κ1) is 10.3. The van der Waals surface area contributed by atoms with Crippen LogP contribution in [0.15, 0.2) is 0 Å². The Hall–Kier alpha value is -0.240. The molecule has 0 spiro atoms. The maximum atomic E-state index is 9.59. The van der Waals surface area contributed by atoms with Gasteiger partial charge in [-0.3, -0.25) is 0 Å². The molecule has 14 heavy (non-hydrogen) atoms. The van der Waals surface area contributed by atoms with Crippen LogP contribution in [0.4, 0.5) is 0 Å². The smallest absolute Gasteiger partial charge is 0.184 e. The van der Waals surface area contributed by atoms with E-state index in [4.69, 9.17) is 14.2 Å². The minimum Gasteiger partial charge on any atom is -0.387 e. The van der Waals surface area contributed by atoms with E-state index >= 15 is 0 Å². The summed E-state index contributed by atoms with van der Waals surface area (Å²) in [5, 5.41) is 28.1. The molecule has 6 nitrogen and oxygen atoms in total. The van der Waals surface area contributed by atoms with E-state index < -0.39 is 37.0 Å². The van der Waals surface area contributed by atoms with Crippen LogP contribution in [0, 0.1) is 0 Å². The Labute approximate surface area is 81.0 Å². The Morgan fingerprint density at radius 3 is 2.50 bits per heavy atom. The minimum absolute atomic E-state index is 0.243. The lowest BCUT2D eigenvalue weighted by atomic mass is 9.98. The van der Waals surface area contributed by atoms with Gasteiger partial charge in [-0.25, -0.2) is 0 Å². The van der Waals surface area contributed by atoms with Crippen LogP contribution < -0.4 is 0 Å². The van der Waals surface area contributed by atoms with E-state index in [1.165, 1.54) is 0 Å². The van der Waals surface area contributed by atoms with Crippen molar-refractivity contribution in [2.75, 3.05) is 6.61 Å². The van der Waals surface area contributed by atoms with Crippen molar-refractivity contribution in [3.05, 3.63) is 0 Å². The van der Waals surface area contributed by atoms with Crippen molar-refractivity contribution in [3.63, 3.8) is 0 Å². The first-order valence-electron chi connectivity index (χ1n) is 4.56. The lowest BCUT2D eigenvalue weighted by Gasteiger charge is -2.44. The molecule has 0 radical (unpaired) electrons. The number of aliphatic hydroxyl groups excluding tert-OH is 3. The molecule has 82 valence electrons. The summed E-state index contributed by atoms with van der Waals surface area (Å²) in [7, 11) is 0. The zero-order valence-electron chi connectivity index (χ0n) is 7.74. The number of ether oxygens (including phenoxy) is 3. The number of aliphatic hydroxyl groups is 3. The largest absolute Gasteiger partial charge is 0.387 e. The molecule has 2 fully saturated rings. The maximum Gasteiger partial charge on any atom is 0.184 e. The first-order chi connectivity index (χ1) is 6.59. The first-order valence-corrected chi connectivity index (χ1v) is 4.56. The third-order valence-corrected chi connectivity index (χ3v) is 2.50. The predicted molar refractivity (Wildman–Crippen MR) is 43.2 cm³/mol. The van der Waals surface area contributed by atoms with Crippen LogP contribution in [-0.4, -0.2) is 58.9 Å². The summed E-state index contributed by atoms with van der Waals surface area (Å²) in [5.74, 6) is 0. The Morgan fingerprint density at radius 2 is 1.79 bits per heavy atom. The Morgan fingerprint density at radius 1 is 1.07 bits per heavy atom. The fourth-order valence-electron chi connectivity index (χ4n) is 1.71. The standard InChI is InChI=1S/C8H14O6/c1-3-12-2-4-7(13-3)5(9)6(10)8(11)14-4/h3-11H,2H2,1H3. The fourth-order valence-corrected chi connectivity index (χ4v) is 1.71. The molecule has 0 aromatic rings. The van der Waals surface area contributed by atoms with Crippen molar-refractivity contribution in [1.29, 1.82) is 0 Å². The second-order valence-electron chi connectivity index (χ2n) is 3.55. The van der Waals surface area contributed by atoms with Crippen LogP contribution in [0.5, 0.6) is 0 Å². The van der Waals surface area contributed by atoms with Crippen molar-refractivity contribution in [1.82, 2.24) is 0 Å². The third kappa shape index (κ3) is 1.65. The highest BCUT2D eigenvalue weighted by Gasteiger charge is 2.47. The van der Waals surface area contributed by atoms with Crippen molar-refractivity contribution in [3.8, 4) is 0 Å². The van der Waals surface area contributed by atoms with E-state index in [0.29, 0.717) is 0 Å². The lowest BCUT2D eigenvalue weighted by Crippen LogP contribution is -2.62. The third-order valence-electron chi connectivity index (χ3n) is 2.50. The molecule has 0 amide bonds. The van der Waals surface area contributed by atoms with Crippen molar-refractivity contribution in [2.45, 2.75) is 43.9 Å². The molecule has 2 aliphatic rings. The predicted octanol–water partition coefficient (Wildman–Crippen LogP) is -1.81. The minimum atomic E-state index is -1.38. The second kappa shape index (κ2) is 3.73. The molecule has 2 saturated heterocycles. The van der Waals surface area contributed by atoms with Gasteiger partial charge in [-0.2, -0.15) is 0 Å². The van der Waals surface area contributed by atoms with Crippen LogP contribution in [0.2, 0.25) is 0 Å². The summed E-state index contributed by atoms with van der Waals surface area (Å²) < 4.78 is 15.4. The van der Waals surface area contributed by atoms with Crippen molar-refractivity contribution >= 4 is 0 Å². The molecule has 6 atom stereocenters. The quantitative estimate of drug-likeness (QED) is 0.433. The van der Waals surface area contributed by atoms with Crippen LogP contribution in [-0.2, 0) is 14.2 Å². The van der Waals surface area contributed by atoms with Crippen molar-refractivity contribution in [2.24, 2.45) is 0 Å². The monoisotopic (exact) mass is 206 g/mol. The van der Waals surface area contributed by atoms with E-state index in [1.54, 1.807) is 6.92 Å². The van der Waals surface area contributed by atoms with E-state index in [1.807, 2.05) is 0 Å². The molecule has 3 N–H and O–H groups in total. The molecule has 0 saturated carbocycles. The summed E-state index contributed by atoms with van der Waals surface area (Å²) in [5.41, 5.74) is 0. The van der Waals surface area contributed by atoms with Crippen molar-refractivity contribution < 1.29 is 29.5 Å². The van der Waals surface area contributed by atoms with Gasteiger partial charge in [0.05, 0.1) is 6.61 Å². The normalized spacial score (nSPS) is 54.0. The van der Waals surface area contributed by atoms with Gasteiger partial charge in [0.25, 0.3) is 0 Å². The van der Waals surface area contributed by atoms with E-state index in [-0.39, 0.29) is 6.61 Å². The summed E-state index contributed by atoms with van der Waals surface area (Å²) in [6, 6.07) is 0. The molecule has 0 aliphatic carbocycles. The van der Waals surface area contributed by atoms with E-state index in [2.05, 4.69) is 0 Å². The average molecular weight is 206 g/mol. The number of fused-ring (bicyclic) bond motifs is 1. The molecular weight excluding hydrogens is 192 g/mol. The maximum absolute atomic E-state index is 9.59. The lowest BCUT2D eigenvalue weighted by molar-refractivity contribution is -0.348. The van der Waals surface area contributed by atoms with Gasteiger partial charge in [0.15, 0.2) is 12.6 Å². The van der Waals surface area contributed by atoms with Gasteiger partial charge in [0.1, 0.15) is 24.4 Å². The second-order valence-corrected chi connectivity index (χ2v) is 3.55. The van der Waals surface area contributed by atoms with Crippen LogP contribution in [0.25, 0.3) is 0 Å². The van der Waals surface area contributed by atoms with Crippen LogP contribution in [0.1, 0.15) is 6.92 Å². The summed E-state index contributed by atoms with van der Waals surface area (Å²) in [6.45, 7) is 1.94. The summed E-state index contributed by atoms with van der Waals surface area (Å²) in [6.07, 6.45) is -5.46. The SMILES string of the molecule is CC1OCC2OC(O)C(O)C(O)C2O1. The Bertz CT molecular complexity index is 208. The molecule has 6 unspecified atom stereocenters. The molecule has 0 aromatic heterocycles.